The maximum atomic E-state index is 14.7. The number of aromatic nitrogens is 1. The molecule has 3 fully saturated rings. The Kier molecular flexibility index (Phi) is 7.23. The van der Waals surface area contributed by atoms with Crippen molar-refractivity contribution in [2.24, 2.45) is 0 Å². The van der Waals surface area contributed by atoms with E-state index in [1.165, 1.54) is 38.0 Å². The monoisotopic (exact) mass is 538 g/mol. The number of likely N-dealkylation sites (tertiary alicyclic amines) is 1. The highest BCUT2D eigenvalue weighted by atomic mass is 19.3. The highest BCUT2D eigenvalue weighted by Crippen LogP contribution is 2.48. The Hall–Kier alpha value is -2.95. The Labute approximate surface area is 217 Å². The number of carbonyl (C=O) groups is 1. The summed E-state index contributed by atoms with van der Waals surface area (Å²) in [6.45, 7) is 3.21. The van der Waals surface area contributed by atoms with Crippen LogP contribution in [0, 0.1) is 5.82 Å². The van der Waals surface area contributed by atoms with E-state index in [-0.39, 0.29) is 35.7 Å². The minimum absolute atomic E-state index is 0.0191. The molecule has 38 heavy (non-hydrogen) atoms. The molecule has 1 amide bonds. The van der Waals surface area contributed by atoms with Crippen molar-refractivity contribution in [2.45, 2.75) is 82.0 Å². The molecule has 0 spiro atoms. The zero-order chi connectivity index (χ0) is 27.2. The first-order valence-electron chi connectivity index (χ1n) is 13.0. The third kappa shape index (κ3) is 5.17. The van der Waals surface area contributed by atoms with Crippen LogP contribution in [0.1, 0.15) is 79.4 Å². The molecule has 2 saturated carbocycles. The van der Waals surface area contributed by atoms with E-state index < -0.39 is 47.3 Å². The summed E-state index contributed by atoms with van der Waals surface area (Å²) >= 11 is 0. The molecule has 0 radical (unpaired) electrons. The van der Waals surface area contributed by atoms with Gasteiger partial charge in [-0.2, -0.15) is 0 Å². The van der Waals surface area contributed by atoms with Crippen LogP contribution < -0.4 is 16.2 Å². The fraction of sp³-hybridized carbons (Fsp3) is 0.556. The largest absolute Gasteiger partial charge is 0.381 e. The number of pyridine rings is 1. The van der Waals surface area contributed by atoms with Gasteiger partial charge in [-0.25, -0.2) is 22.0 Å². The minimum atomic E-state index is -3.02. The Morgan fingerprint density at radius 1 is 1.05 bits per heavy atom. The number of nitrogens with zero attached hydrogens (tertiary/aromatic N) is 2. The van der Waals surface area contributed by atoms with Crippen LogP contribution in [-0.4, -0.2) is 47.0 Å². The van der Waals surface area contributed by atoms with Crippen LogP contribution in [0.15, 0.2) is 35.3 Å². The molecule has 0 unspecified atom stereocenters. The zero-order valence-electron chi connectivity index (χ0n) is 21.0. The van der Waals surface area contributed by atoms with Crippen molar-refractivity contribution < 1.29 is 26.7 Å². The molecular weight excluding hydrogens is 507 g/mol. The molecule has 1 atom stereocenters. The van der Waals surface area contributed by atoms with Gasteiger partial charge in [0.1, 0.15) is 11.4 Å². The summed E-state index contributed by atoms with van der Waals surface area (Å²) in [5.74, 6) is -1.84. The highest BCUT2D eigenvalue weighted by molar-refractivity contribution is 5.99. The second-order valence-electron chi connectivity index (χ2n) is 10.6. The topological polar surface area (TPSA) is 66.4 Å². The van der Waals surface area contributed by atoms with E-state index >= 15 is 0 Å². The number of piperidine rings is 1. The molecule has 11 heteroatoms. The van der Waals surface area contributed by atoms with E-state index in [1.807, 2.05) is 0 Å². The molecule has 0 bridgehead atoms. The number of rotatable bonds is 9. The normalized spacial score (nSPS) is 20.5. The average Bonchev–Trinajstić information content (AvgIpc) is 3.79. The number of halogens is 5. The van der Waals surface area contributed by atoms with E-state index in [9.17, 15) is 31.5 Å². The molecule has 2 N–H and O–H groups in total. The number of amides is 1. The van der Waals surface area contributed by atoms with E-state index in [0.29, 0.717) is 6.04 Å². The number of benzene rings is 1. The van der Waals surface area contributed by atoms with Gasteiger partial charge >= 0.3 is 0 Å². The molecule has 206 valence electrons. The third-order valence-electron chi connectivity index (χ3n) is 8.01. The molecule has 1 aliphatic heterocycles. The molecule has 6 nitrogen and oxygen atoms in total. The van der Waals surface area contributed by atoms with E-state index in [1.54, 1.807) is 0 Å². The van der Waals surface area contributed by atoms with Crippen LogP contribution in [0.25, 0.3) is 0 Å². The average molecular weight is 539 g/mol. The quantitative estimate of drug-likeness (QED) is 0.431. The van der Waals surface area contributed by atoms with Gasteiger partial charge in [-0.05, 0) is 45.4 Å². The molecule has 2 aromatic rings. The molecule has 1 aromatic carbocycles. The Morgan fingerprint density at radius 3 is 2.29 bits per heavy atom. The lowest BCUT2D eigenvalue weighted by Gasteiger charge is -2.33. The predicted octanol–water partition coefficient (Wildman–Crippen LogP) is 5.21. The molecule has 3 aliphatic rings. The number of hydrogen-bond donors (Lipinski definition) is 2. The van der Waals surface area contributed by atoms with Crippen molar-refractivity contribution in [3.05, 3.63) is 63.3 Å². The maximum Gasteiger partial charge on any atom is 0.266 e. The second kappa shape index (κ2) is 10.3. The predicted molar refractivity (Wildman–Crippen MR) is 132 cm³/mol. The lowest BCUT2D eigenvalue weighted by atomic mass is 10.0. The van der Waals surface area contributed by atoms with E-state index in [4.69, 9.17) is 0 Å². The highest BCUT2D eigenvalue weighted by Gasteiger charge is 2.53. The Bertz CT molecular complexity index is 1250. The smallest absolute Gasteiger partial charge is 0.266 e. The van der Waals surface area contributed by atoms with Crippen molar-refractivity contribution in [3.63, 3.8) is 0 Å². The summed E-state index contributed by atoms with van der Waals surface area (Å²) in [4.78, 5) is 28.8. The molecule has 2 aliphatic carbocycles. The van der Waals surface area contributed by atoms with E-state index in [0.717, 1.165) is 42.8 Å². The van der Waals surface area contributed by atoms with Crippen LogP contribution in [0.2, 0.25) is 0 Å². The van der Waals surface area contributed by atoms with Gasteiger partial charge in [0.05, 0.1) is 22.9 Å². The second-order valence-corrected chi connectivity index (χ2v) is 10.6. The lowest BCUT2D eigenvalue weighted by Crippen LogP contribution is -2.41. The molecular formula is C27H31F5N4O2. The van der Waals surface area contributed by atoms with Crippen molar-refractivity contribution >= 4 is 11.6 Å². The zero-order valence-corrected chi connectivity index (χ0v) is 21.0. The summed E-state index contributed by atoms with van der Waals surface area (Å²) in [7, 11) is 0. The van der Waals surface area contributed by atoms with Crippen LogP contribution >= 0.6 is 0 Å². The summed E-state index contributed by atoms with van der Waals surface area (Å²) < 4.78 is 69.7. The van der Waals surface area contributed by atoms with Gasteiger partial charge in [-0.15, -0.1) is 0 Å². The molecule has 5 rings (SSSR count). The van der Waals surface area contributed by atoms with Gasteiger partial charge in [0, 0.05) is 43.0 Å². The molecule has 1 saturated heterocycles. The van der Waals surface area contributed by atoms with Crippen LogP contribution in [0.4, 0.5) is 27.6 Å². The van der Waals surface area contributed by atoms with Crippen LogP contribution in [0.5, 0.6) is 0 Å². The van der Waals surface area contributed by atoms with Crippen LogP contribution in [-0.2, 0) is 5.54 Å². The Morgan fingerprint density at radius 2 is 1.71 bits per heavy atom. The number of hydrogen-bond acceptors (Lipinski definition) is 4. The number of carbonyl (C=O) groups excluding carboxylic acids is 1. The number of alkyl halides is 4. The number of anilines is 1. The maximum absolute atomic E-state index is 14.7. The summed E-state index contributed by atoms with van der Waals surface area (Å²) in [5.41, 5.74) is -3.00. The SMILES string of the molecule is C[C@@H](NC(=O)c1cn(C2(C(F)F)CC2)c(=O)cc1NC1CCN(C2CC2)CC1)c1cccc(C(F)F)c1F. The first kappa shape index (κ1) is 26.6. The van der Waals surface area contributed by atoms with Gasteiger partial charge in [-0.3, -0.25) is 9.59 Å². The summed E-state index contributed by atoms with van der Waals surface area (Å²) in [6.07, 6.45) is -0.443. The fourth-order valence-corrected chi connectivity index (χ4v) is 5.37. The van der Waals surface area contributed by atoms with Gasteiger partial charge in [0.25, 0.3) is 24.3 Å². The van der Waals surface area contributed by atoms with Gasteiger partial charge in [-0.1, -0.05) is 18.2 Å². The molecule has 2 heterocycles. The lowest BCUT2D eigenvalue weighted by molar-refractivity contribution is 0.0648. The first-order valence-corrected chi connectivity index (χ1v) is 13.0. The van der Waals surface area contributed by atoms with Gasteiger partial charge in [0.2, 0.25) is 0 Å². The summed E-state index contributed by atoms with van der Waals surface area (Å²) in [5, 5.41) is 5.87. The number of nitrogens with one attached hydrogen (secondary N) is 2. The fourth-order valence-electron chi connectivity index (χ4n) is 5.37. The minimum Gasteiger partial charge on any atom is -0.381 e. The van der Waals surface area contributed by atoms with Gasteiger partial charge in [0.15, 0.2) is 0 Å². The van der Waals surface area contributed by atoms with Crippen molar-refractivity contribution in [1.29, 1.82) is 0 Å². The first-order chi connectivity index (χ1) is 18.1. The molecule has 1 aromatic heterocycles. The van der Waals surface area contributed by atoms with Gasteiger partial charge < -0.3 is 20.1 Å². The van der Waals surface area contributed by atoms with Crippen molar-refractivity contribution in [2.75, 3.05) is 18.4 Å². The standard InChI is InChI=1S/C27H31F5N4O2/c1-15(18-3-2-4-19(23(18)28)24(29)30)33-25(38)20-14-36(27(9-10-27)26(31)32)22(37)13-21(20)34-16-7-11-35(12-8-16)17-5-6-17/h2-4,13-17,24,26,34H,5-12H2,1H3,(H,33,38)/t15-/m1/s1. The third-order valence-corrected chi connectivity index (χ3v) is 8.01. The van der Waals surface area contributed by atoms with Crippen molar-refractivity contribution in [3.8, 4) is 0 Å². The summed E-state index contributed by atoms with van der Waals surface area (Å²) in [6, 6.07) is 4.35. The van der Waals surface area contributed by atoms with Crippen molar-refractivity contribution in [1.82, 2.24) is 14.8 Å². The van der Waals surface area contributed by atoms with Crippen LogP contribution in [0.3, 0.4) is 0 Å². The van der Waals surface area contributed by atoms with E-state index in [2.05, 4.69) is 15.5 Å². The Balaban J connectivity index is 1.42.